The van der Waals surface area contributed by atoms with Gasteiger partial charge in [-0.15, -0.1) is 0 Å². The van der Waals surface area contributed by atoms with E-state index in [1.54, 1.807) is 14.2 Å². The molecule has 0 spiro atoms. The second kappa shape index (κ2) is 7.16. The first kappa shape index (κ1) is 21.2. The average molecular weight is 441 g/mol. The van der Waals surface area contributed by atoms with E-state index in [4.69, 9.17) is 13.9 Å². The second-order valence-electron chi connectivity index (χ2n) is 9.37. The minimum absolute atomic E-state index is 0.905. The summed E-state index contributed by atoms with van der Waals surface area (Å²) in [4.78, 5) is 0. The number of hydrogen-bond donors (Lipinski definition) is 0. The molecule has 32 heavy (non-hydrogen) atoms. The van der Waals surface area contributed by atoms with E-state index in [0.29, 0.717) is 0 Å². The maximum Gasteiger partial charge on any atom is 0.194 e. The molecular formula is C28H28O3Si. The van der Waals surface area contributed by atoms with E-state index in [1.165, 1.54) is 0 Å². The molecule has 4 heteroatoms. The second-order valence-corrected chi connectivity index (χ2v) is 13.8. The van der Waals surface area contributed by atoms with E-state index >= 15 is 0 Å². The van der Waals surface area contributed by atoms with E-state index in [9.17, 15) is 0 Å². The van der Waals surface area contributed by atoms with Crippen molar-refractivity contribution >= 4 is 8.32 Å². The van der Waals surface area contributed by atoms with Crippen molar-refractivity contribution in [3.05, 3.63) is 107 Å². The lowest BCUT2D eigenvalue weighted by Gasteiger charge is -2.46. The standard InChI is InChI=1S/C28H28O3Si/c1-29-27-22-15-9-11-17-24(22)28(30-2,25-18-12-10-16-23(25)27)26(27,31-32(3,4)5)20-19-21-13-7-6-8-14-21/h6-18H,1-5H3. The third-order valence-corrected chi connectivity index (χ3v) is 7.51. The summed E-state index contributed by atoms with van der Waals surface area (Å²) >= 11 is 0. The van der Waals surface area contributed by atoms with Crippen molar-refractivity contribution in [2.45, 2.75) is 36.4 Å². The third-order valence-electron chi connectivity index (χ3n) is 6.59. The van der Waals surface area contributed by atoms with E-state index in [1.807, 2.05) is 30.3 Å². The van der Waals surface area contributed by atoms with Crippen LogP contribution >= 0.6 is 0 Å². The molecule has 3 aromatic rings. The molecule has 0 aliphatic heterocycles. The van der Waals surface area contributed by atoms with Crippen molar-refractivity contribution in [1.29, 1.82) is 0 Å². The molecule has 0 amide bonds. The van der Waals surface area contributed by atoms with Gasteiger partial charge < -0.3 is 13.9 Å². The summed E-state index contributed by atoms with van der Waals surface area (Å²) in [6.45, 7) is 6.58. The van der Waals surface area contributed by atoms with Crippen LogP contribution in [-0.4, -0.2) is 28.1 Å². The lowest BCUT2D eigenvalue weighted by atomic mass is 9.80. The van der Waals surface area contributed by atoms with Crippen LogP contribution in [0, 0.1) is 11.8 Å². The van der Waals surface area contributed by atoms with Crippen molar-refractivity contribution in [1.82, 2.24) is 0 Å². The summed E-state index contributed by atoms with van der Waals surface area (Å²) in [7, 11) is 1.38. The molecule has 3 nitrogen and oxygen atoms in total. The predicted octanol–water partition coefficient (Wildman–Crippen LogP) is 5.44. The summed E-state index contributed by atoms with van der Waals surface area (Å²) in [5.41, 5.74) is 2.29. The highest BCUT2D eigenvalue weighted by atomic mass is 28.4. The Morgan fingerprint density at radius 2 is 1.03 bits per heavy atom. The largest absolute Gasteiger partial charge is 0.396 e. The van der Waals surface area contributed by atoms with E-state index in [-0.39, 0.29) is 0 Å². The van der Waals surface area contributed by atoms with Crippen LogP contribution < -0.4 is 0 Å². The number of ether oxygens (including phenoxy) is 2. The van der Waals surface area contributed by atoms with E-state index < -0.39 is 25.1 Å². The monoisotopic (exact) mass is 440 g/mol. The molecule has 0 atom stereocenters. The summed E-state index contributed by atoms with van der Waals surface area (Å²) in [6, 6.07) is 26.8. The zero-order valence-corrected chi connectivity index (χ0v) is 20.2. The summed E-state index contributed by atoms with van der Waals surface area (Å²) in [5.74, 6) is 7.05. The van der Waals surface area contributed by atoms with Crippen molar-refractivity contribution in [2.24, 2.45) is 0 Å². The van der Waals surface area contributed by atoms with Gasteiger partial charge in [0.1, 0.15) is 0 Å². The van der Waals surface area contributed by atoms with Gasteiger partial charge in [0.2, 0.25) is 0 Å². The van der Waals surface area contributed by atoms with Gasteiger partial charge in [-0.05, 0) is 54.0 Å². The van der Waals surface area contributed by atoms with Gasteiger partial charge in [0.05, 0.1) is 0 Å². The zero-order chi connectivity index (χ0) is 22.6. The smallest absolute Gasteiger partial charge is 0.194 e. The van der Waals surface area contributed by atoms with Crippen molar-refractivity contribution in [3.63, 3.8) is 0 Å². The maximum absolute atomic E-state index is 7.16. The van der Waals surface area contributed by atoms with Gasteiger partial charge in [-0.2, -0.15) is 0 Å². The van der Waals surface area contributed by atoms with Crippen LogP contribution in [0.3, 0.4) is 0 Å². The molecule has 0 N–H and O–H groups in total. The van der Waals surface area contributed by atoms with Gasteiger partial charge in [0, 0.05) is 19.8 Å². The van der Waals surface area contributed by atoms with Crippen LogP contribution in [0.1, 0.15) is 27.8 Å². The molecule has 0 radical (unpaired) electrons. The fraction of sp³-hybridized carbons (Fsp3) is 0.286. The number of methoxy groups -OCH3 is 2. The topological polar surface area (TPSA) is 27.7 Å². The van der Waals surface area contributed by atoms with Gasteiger partial charge in [0.25, 0.3) is 0 Å². The molecule has 2 aliphatic carbocycles. The quantitative estimate of drug-likeness (QED) is 0.400. The highest BCUT2D eigenvalue weighted by Crippen LogP contribution is 2.70. The first-order valence-electron chi connectivity index (χ1n) is 10.9. The third kappa shape index (κ3) is 2.48. The Morgan fingerprint density at radius 1 is 0.625 bits per heavy atom. The predicted molar refractivity (Wildman–Crippen MR) is 129 cm³/mol. The minimum atomic E-state index is -2.14. The SMILES string of the molecule is COC12c3ccccc3C(OC)(c3ccccc31)C2(C#Cc1ccccc1)O[Si](C)(C)C. The first-order valence-corrected chi connectivity index (χ1v) is 14.4. The normalized spacial score (nSPS) is 27.4. The Labute approximate surface area is 191 Å². The van der Waals surface area contributed by atoms with Crippen molar-refractivity contribution in [2.75, 3.05) is 14.2 Å². The highest BCUT2D eigenvalue weighted by molar-refractivity contribution is 6.70. The molecule has 2 aliphatic rings. The lowest BCUT2D eigenvalue weighted by Crippen LogP contribution is -2.60. The molecule has 3 aromatic carbocycles. The molecule has 0 unspecified atom stereocenters. The number of benzene rings is 3. The summed E-state index contributed by atoms with van der Waals surface area (Å²) < 4.78 is 20.2. The molecule has 2 bridgehead atoms. The van der Waals surface area contributed by atoms with Crippen LogP contribution in [0.5, 0.6) is 0 Å². The van der Waals surface area contributed by atoms with Crippen LogP contribution in [0.25, 0.3) is 0 Å². The van der Waals surface area contributed by atoms with E-state index in [0.717, 1.165) is 27.8 Å². The van der Waals surface area contributed by atoms with Crippen molar-refractivity contribution < 1.29 is 13.9 Å². The molecule has 5 rings (SSSR count). The maximum atomic E-state index is 7.16. The van der Waals surface area contributed by atoms with Gasteiger partial charge in [-0.25, -0.2) is 0 Å². The number of hydrogen-bond acceptors (Lipinski definition) is 3. The molecule has 0 fully saturated rings. The van der Waals surface area contributed by atoms with E-state index in [2.05, 4.69) is 80.0 Å². The molecule has 0 heterocycles. The Kier molecular flexibility index (Phi) is 4.74. The van der Waals surface area contributed by atoms with Crippen LogP contribution in [0.4, 0.5) is 0 Å². The Bertz CT molecular complexity index is 1130. The average Bonchev–Trinajstić information content (AvgIpc) is 3.13. The molecular weight excluding hydrogens is 412 g/mol. The van der Waals surface area contributed by atoms with Gasteiger partial charge in [-0.3, -0.25) is 0 Å². The molecule has 0 saturated carbocycles. The lowest BCUT2D eigenvalue weighted by molar-refractivity contribution is -0.167. The Hall–Kier alpha value is -2.68. The number of fused-ring (bicyclic) bond motifs is 8. The molecule has 0 aromatic heterocycles. The Morgan fingerprint density at radius 3 is 1.41 bits per heavy atom. The first-order chi connectivity index (χ1) is 15.4. The minimum Gasteiger partial charge on any atom is -0.396 e. The highest BCUT2D eigenvalue weighted by Gasteiger charge is 2.80. The Balaban J connectivity index is 1.93. The van der Waals surface area contributed by atoms with Crippen LogP contribution in [0.2, 0.25) is 19.6 Å². The molecule has 0 saturated heterocycles. The van der Waals surface area contributed by atoms with Gasteiger partial charge in [-0.1, -0.05) is 78.6 Å². The fourth-order valence-corrected chi connectivity index (χ4v) is 6.96. The summed E-state index contributed by atoms with van der Waals surface area (Å²) in [6.07, 6.45) is 0. The van der Waals surface area contributed by atoms with Crippen molar-refractivity contribution in [3.8, 4) is 11.8 Å². The zero-order valence-electron chi connectivity index (χ0n) is 19.2. The van der Waals surface area contributed by atoms with Gasteiger partial charge in [0.15, 0.2) is 25.1 Å². The molecule has 162 valence electrons. The van der Waals surface area contributed by atoms with Gasteiger partial charge >= 0.3 is 0 Å². The van der Waals surface area contributed by atoms with Crippen LogP contribution in [0.15, 0.2) is 78.9 Å². The fourth-order valence-electron chi connectivity index (χ4n) is 5.70. The summed E-state index contributed by atoms with van der Waals surface area (Å²) in [5, 5.41) is 0. The number of rotatable bonds is 4. The van der Waals surface area contributed by atoms with Crippen LogP contribution in [-0.2, 0) is 25.1 Å².